The third-order valence-corrected chi connectivity index (χ3v) is 3.28. The maximum atomic E-state index is 12.5. The van der Waals surface area contributed by atoms with Gasteiger partial charge in [-0.2, -0.15) is 0 Å². The molecule has 0 aliphatic rings. The molecule has 130 valence electrons. The summed E-state index contributed by atoms with van der Waals surface area (Å²) < 4.78 is 0. The minimum absolute atomic E-state index is 0.000519. The lowest BCUT2D eigenvalue weighted by atomic mass is 9.84. The Hall–Kier alpha value is -0.940. The van der Waals surface area contributed by atoms with Gasteiger partial charge >= 0.3 is 0 Å². The normalized spacial score (nSPS) is 13.8. The summed E-state index contributed by atoms with van der Waals surface area (Å²) in [4.78, 5) is 24.4. The van der Waals surface area contributed by atoms with Gasteiger partial charge in [0.2, 0.25) is 5.91 Å². The number of nitrogens with two attached hydrogens (primary N) is 1. The van der Waals surface area contributed by atoms with Gasteiger partial charge in [0, 0.05) is 23.9 Å². The van der Waals surface area contributed by atoms with Gasteiger partial charge in [-0.15, -0.1) is 0 Å². The maximum Gasteiger partial charge on any atom is 0.220 e. The molecule has 0 spiro atoms. The first kappa shape index (κ1) is 21.1. The van der Waals surface area contributed by atoms with Gasteiger partial charge in [-0.1, -0.05) is 20.8 Å². The van der Waals surface area contributed by atoms with Gasteiger partial charge < -0.3 is 16.4 Å². The second-order valence-electron chi connectivity index (χ2n) is 7.95. The molecule has 0 rings (SSSR count). The summed E-state index contributed by atoms with van der Waals surface area (Å²) in [7, 11) is 0. The van der Waals surface area contributed by atoms with Crippen molar-refractivity contribution in [3.63, 3.8) is 0 Å². The third-order valence-electron chi connectivity index (χ3n) is 3.28. The summed E-state index contributed by atoms with van der Waals surface area (Å²) in [5.41, 5.74) is 4.84. The van der Waals surface area contributed by atoms with Gasteiger partial charge in [0.15, 0.2) is 5.78 Å². The molecule has 0 bridgehead atoms. The van der Waals surface area contributed by atoms with Crippen LogP contribution in [0.25, 0.3) is 0 Å². The summed E-state index contributed by atoms with van der Waals surface area (Å²) >= 11 is 0. The van der Waals surface area contributed by atoms with E-state index in [1.807, 2.05) is 41.5 Å². The Bertz CT molecular complexity index is 354. The fourth-order valence-electron chi connectivity index (χ4n) is 2.18. The number of hydrogen-bond acceptors (Lipinski definition) is 4. The predicted molar refractivity (Wildman–Crippen MR) is 91.7 cm³/mol. The van der Waals surface area contributed by atoms with Gasteiger partial charge in [-0.05, 0) is 46.6 Å². The third kappa shape index (κ3) is 9.90. The van der Waals surface area contributed by atoms with E-state index in [0.717, 1.165) is 12.8 Å². The molecule has 0 radical (unpaired) electrons. The molecular weight excluding hydrogens is 278 g/mol. The highest BCUT2D eigenvalue weighted by atomic mass is 16.1. The van der Waals surface area contributed by atoms with Crippen LogP contribution in [0.1, 0.15) is 67.2 Å². The van der Waals surface area contributed by atoms with E-state index in [1.54, 1.807) is 0 Å². The summed E-state index contributed by atoms with van der Waals surface area (Å²) in [6, 6.07) is -0.296. The highest BCUT2D eigenvalue weighted by Gasteiger charge is 2.31. The molecule has 0 saturated heterocycles. The van der Waals surface area contributed by atoms with E-state index in [2.05, 4.69) is 10.6 Å². The second-order valence-corrected chi connectivity index (χ2v) is 7.95. The SMILES string of the molecule is CC(C)(C)N[C@@H](CCC(=O)NCCCCN)C(=O)C(C)(C)C. The van der Waals surface area contributed by atoms with Crippen molar-refractivity contribution in [3.8, 4) is 0 Å². The van der Waals surface area contributed by atoms with Crippen LogP contribution >= 0.6 is 0 Å². The summed E-state index contributed by atoms with van der Waals surface area (Å²) in [5.74, 6) is 0.151. The zero-order valence-electron chi connectivity index (χ0n) is 15.2. The molecule has 4 N–H and O–H groups in total. The smallest absolute Gasteiger partial charge is 0.220 e. The zero-order chi connectivity index (χ0) is 17.4. The summed E-state index contributed by atoms with van der Waals surface area (Å²) in [6.07, 6.45) is 2.69. The van der Waals surface area contributed by atoms with Crippen molar-refractivity contribution in [2.24, 2.45) is 11.1 Å². The van der Waals surface area contributed by atoms with Crippen molar-refractivity contribution in [1.82, 2.24) is 10.6 Å². The van der Waals surface area contributed by atoms with Crippen molar-refractivity contribution in [1.29, 1.82) is 0 Å². The van der Waals surface area contributed by atoms with Crippen LogP contribution in [0.3, 0.4) is 0 Å². The molecule has 0 fully saturated rings. The van der Waals surface area contributed by atoms with E-state index >= 15 is 0 Å². The number of ketones is 1. The van der Waals surface area contributed by atoms with Crippen LogP contribution in [0.15, 0.2) is 0 Å². The minimum Gasteiger partial charge on any atom is -0.356 e. The average molecular weight is 313 g/mol. The first-order valence-electron chi connectivity index (χ1n) is 8.26. The molecule has 0 heterocycles. The minimum atomic E-state index is -0.416. The van der Waals surface area contributed by atoms with Gasteiger partial charge in [0.05, 0.1) is 6.04 Å². The van der Waals surface area contributed by atoms with Gasteiger partial charge in [0.25, 0.3) is 0 Å². The Kier molecular flexibility index (Phi) is 8.86. The molecule has 5 nitrogen and oxygen atoms in total. The molecule has 0 aliphatic carbocycles. The second kappa shape index (κ2) is 9.26. The van der Waals surface area contributed by atoms with Crippen LogP contribution in [0.4, 0.5) is 0 Å². The van der Waals surface area contributed by atoms with E-state index < -0.39 is 5.41 Å². The molecule has 0 aromatic heterocycles. The van der Waals surface area contributed by atoms with E-state index in [-0.39, 0.29) is 23.3 Å². The van der Waals surface area contributed by atoms with E-state index in [1.165, 1.54) is 0 Å². The van der Waals surface area contributed by atoms with Gasteiger partial charge in [0.1, 0.15) is 0 Å². The van der Waals surface area contributed by atoms with E-state index in [4.69, 9.17) is 5.73 Å². The maximum absolute atomic E-state index is 12.5. The highest BCUT2D eigenvalue weighted by molar-refractivity contribution is 5.89. The molecule has 0 aromatic rings. The lowest BCUT2D eigenvalue weighted by molar-refractivity contribution is -0.129. The highest BCUT2D eigenvalue weighted by Crippen LogP contribution is 2.20. The van der Waals surface area contributed by atoms with E-state index in [0.29, 0.717) is 25.9 Å². The Morgan fingerprint density at radius 3 is 2.09 bits per heavy atom. The van der Waals surface area contributed by atoms with Crippen molar-refractivity contribution in [2.45, 2.75) is 78.8 Å². The predicted octanol–water partition coefficient (Wildman–Crippen LogP) is 1.99. The first-order chi connectivity index (χ1) is 9.97. The number of hydrogen-bond donors (Lipinski definition) is 3. The molecule has 0 unspecified atom stereocenters. The molecular formula is C17H35N3O2. The summed E-state index contributed by atoms with van der Waals surface area (Å²) in [6.45, 7) is 13.1. The van der Waals surface area contributed by atoms with Crippen LogP contribution in [0, 0.1) is 5.41 Å². The monoisotopic (exact) mass is 313 g/mol. The molecule has 0 saturated carbocycles. The van der Waals surface area contributed by atoms with Crippen LogP contribution in [-0.4, -0.2) is 36.4 Å². The number of nitrogens with one attached hydrogen (secondary N) is 2. The molecule has 22 heavy (non-hydrogen) atoms. The van der Waals surface area contributed by atoms with Gasteiger partial charge in [-0.25, -0.2) is 0 Å². The molecule has 0 aliphatic heterocycles. The van der Waals surface area contributed by atoms with Crippen LogP contribution in [0.2, 0.25) is 0 Å². The molecule has 1 atom stereocenters. The number of unbranched alkanes of at least 4 members (excludes halogenated alkanes) is 1. The number of carbonyl (C=O) groups excluding carboxylic acids is 2. The van der Waals surface area contributed by atoms with Crippen molar-refractivity contribution in [3.05, 3.63) is 0 Å². The Balaban J connectivity index is 4.47. The Morgan fingerprint density at radius 1 is 1.05 bits per heavy atom. The standard InChI is InChI=1S/C17H35N3O2/c1-16(2,3)15(22)13(20-17(4,5)6)9-10-14(21)19-12-8-7-11-18/h13,20H,7-12,18H2,1-6H3,(H,19,21)/t13-/m0/s1. The summed E-state index contributed by atoms with van der Waals surface area (Å²) in [5, 5.41) is 6.23. The average Bonchev–Trinajstić information content (AvgIpc) is 2.36. The number of Topliss-reactive ketones (excluding diaryl/α,β-unsaturated/α-hetero) is 1. The van der Waals surface area contributed by atoms with Crippen LogP contribution in [0.5, 0.6) is 0 Å². The van der Waals surface area contributed by atoms with Gasteiger partial charge in [-0.3, -0.25) is 9.59 Å². The number of rotatable bonds is 9. The van der Waals surface area contributed by atoms with Crippen molar-refractivity contribution >= 4 is 11.7 Å². The Morgan fingerprint density at radius 2 is 1.64 bits per heavy atom. The fraction of sp³-hybridized carbons (Fsp3) is 0.882. The number of amides is 1. The molecule has 5 heteroatoms. The lowest BCUT2D eigenvalue weighted by Gasteiger charge is -2.31. The van der Waals surface area contributed by atoms with Crippen LogP contribution in [-0.2, 0) is 9.59 Å². The molecule has 0 aromatic carbocycles. The van der Waals surface area contributed by atoms with Crippen molar-refractivity contribution < 1.29 is 9.59 Å². The molecule has 1 amide bonds. The number of carbonyl (C=O) groups is 2. The zero-order valence-corrected chi connectivity index (χ0v) is 15.2. The van der Waals surface area contributed by atoms with Crippen molar-refractivity contribution in [2.75, 3.05) is 13.1 Å². The fourth-order valence-corrected chi connectivity index (χ4v) is 2.18. The largest absolute Gasteiger partial charge is 0.356 e. The Labute approximate surface area is 135 Å². The van der Waals surface area contributed by atoms with Crippen LogP contribution < -0.4 is 16.4 Å². The lowest BCUT2D eigenvalue weighted by Crippen LogP contribution is -2.51. The topological polar surface area (TPSA) is 84.2 Å². The van der Waals surface area contributed by atoms with E-state index in [9.17, 15) is 9.59 Å². The first-order valence-corrected chi connectivity index (χ1v) is 8.26. The quantitative estimate of drug-likeness (QED) is 0.568.